The van der Waals surface area contributed by atoms with E-state index in [2.05, 4.69) is 39.9 Å². The summed E-state index contributed by atoms with van der Waals surface area (Å²) in [4.78, 5) is 28.7. The van der Waals surface area contributed by atoms with Crippen molar-refractivity contribution in [2.24, 2.45) is 0 Å². The van der Waals surface area contributed by atoms with Gasteiger partial charge >= 0.3 is 17.1 Å². The fraction of sp³-hybridized carbons (Fsp3) is 0. The second-order valence-corrected chi connectivity index (χ2v) is 11.5. The maximum Gasteiger partial charge on any atom is 2.00 e. The molecule has 8 aromatic rings. The van der Waals surface area contributed by atoms with Gasteiger partial charge in [-0.2, -0.15) is 0 Å². The molecule has 16 nitrogen and oxygen atoms in total. The van der Waals surface area contributed by atoms with Crippen LogP contribution in [0.25, 0.3) is 45.6 Å². The summed E-state index contributed by atoms with van der Waals surface area (Å²) in [6.45, 7) is 0. The van der Waals surface area contributed by atoms with E-state index in [4.69, 9.17) is 37.3 Å². The first-order valence-electron chi connectivity index (χ1n) is 15.3. The number of nitrogens with one attached hydrogen (secondary N) is 4. The van der Waals surface area contributed by atoms with E-state index in [9.17, 15) is 0 Å². The summed E-state index contributed by atoms with van der Waals surface area (Å²) in [5, 5.41) is 0. The Balaban J connectivity index is 0.000000234. The summed E-state index contributed by atoms with van der Waals surface area (Å²) in [5.41, 5.74) is 4.49. The molecule has 0 saturated carbocycles. The van der Waals surface area contributed by atoms with Crippen molar-refractivity contribution in [3.8, 4) is 45.6 Å². The van der Waals surface area contributed by atoms with E-state index in [-0.39, 0.29) is 17.1 Å². The molecule has 0 aliphatic carbocycles. The minimum Gasteiger partial charge on any atom is -0.345 e. The topological polar surface area (TPSA) is 299 Å². The number of H-pyrrole nitrogens is 4. The van der Waals surface area contributed by atoms with Gasteiger partial charge in [-0.3, -0.25) is 0 Å². The van der Waals surface area contributed by atoms with Gasteiger partial charge in [-0.25, -0.2) is 57.2 Å². The minimum atomic E-state index is -4.94. The smallest absolute Gasteiger partial charge is 0.345 e. The third kappa shape index (κ3) is 21.1. The van der Waals surface area contributed by atoms with Crippen LogP contribution in [0.1, 0.15) is 0 Å². The van der Waals surface area contributed by atoms with Gasteiger partial charge in [-0.15, -0.1) is 20.5 Å². The molecule has 0 amide bonds. The van der Waals surface area contributed by atoms with Crippen molar-refractivity contribution in [2.45, 2.75) is 0 Å². The van der Waals surface area contributed by atoms with Crippen LogP contribution in [0.5, 0.6) is 0 Å². The maximum absolute atomic E-state index is 8.49. The van der Waals surface area contributed by atoms with Crippen molar-refractivity contribution in [2.75, 3.05) is 0 Å². The van der Waals surface area contributed by atoms with E-state index < -0.39 is 20.5 Å². The SMILES string of the molecule is [Cu+2].[O-][Cl+3]([O-])([O-])[O-].[O-][Cl+3]([O-])([O-])[O-].c1ccc(-c2ncc[nH]2)cc1.c1ccc(-c2ncc[nH]2)cc1.c1ccc(-c2ncc[nH]2)cc1.c1ccc(-c2ncc[nH]2)cc1. The number of hydrogen-bond donors (Lipinski definition) is 4. The predicted octanol–water partition coefficient (Wildman–Crippen LogP) is -1.21. The van der Waals surface area contributed by atoms with Gasteiger partial charge in [0.25, 0.3) is 0 Å². The normalized spacial score (nSPS) is 10.0. The molecule has 0 aliphatic rings. The van der Waals surface area contributed by atoms with E-state index in [0.717, 1.165) is 45.6 Å². The summed E-state index contributed by atoms with van der Waals surface area (Å²) in [5.74, 6) is 3.69. The Bertz CT molecular complexity index is 1740. The molecule has 4 N–H and O–H groups in total. The van der Waals surface area contributed by atoms with Gasteiger partial charge in [0, 0.05) is 71.8 Å². The molecule has 0 saturated heterocycles. The van der Waals surface area contributed by atoms with E-state index >= 15 is 0 Å². The molecule has 0 atom stereocenters. The third-order valence-corrected chi connectivity index (χ3v) is 6.18. The number of nitrogens with zero attached hydrogens (tertiary/aromatic N) is 4. The van der Waals surface area contributed by atoms with Crippen LogP contribution in [-0.4, -0.2) is 39.9 Å². The second kappa shape index (κ2) is 24.7. The number of halogens is 2. The Morgan fingerprint density at radius 3 is 0.600 bits per heavy atom. The molecule has 1 radical (unpaired) electrons. The third-order valence-electron chi connectivity index (χ3n) is 6.18. The fourth-order valence-electron chi connectivity index (χ4n) is 4.08. The van der Waals surface area contributed by atoms with Gasteiger partial charge in [0.05, 0.1) is 0 Å². The van der Waals surface area contributed by atoms with Crippen molar-refractivity contribution in [1.82, 2.24) is 39.9 Å². The molecule has 0 aliphatic heterocycles. The number of rotatable bonds is 4. The van der Waals surface area contributed by atoms with E-state index in [1.807, 2.05) is 146 Å². The van der Waals surface area contributed by atoms with Crippen molar-refractivity contribution in [3.05, 3.63) is 171 Å². The average molecular weight is 839 g/mol. The Morgan fingerprint density at radius 2 is 0.473 bits per heavy atom. The van der Waals surface area contributed by atoms with Crippen LogP contribution in [0.2, 0.25) is 0 Å². The standard InChI is InChI=1S/4C9H8N2.2ClHO4.Cu/c4*1-2-4-8(5-3-1)9-10-6-7-11-9;2*2-1(3,4)5;/h4*1-7H,(H,10,11);2*(H,2,3,4,5);/q;;;;;;+2/p-2. The zero-order chi connectivity index (χ0) is 39.1. The van der Waals surface area contributed by atoms with Crippen molar-refractivity contribution in [1.29, 1.82) is 0 Å². The summed E-state index contributed by atoms with van der Waals surface area (Å²) in [6, 6.07) is 40.2. The number of aromatic amines is 4. The quantitative estimate of drug-likeness (QED) is 0.152. The first-order valence-corrected chi connectivity index (χ1v) is 17.8. The van der Waals surface area contributed by atoms with Crippen LogP contribution in [0.4, 0.5) is 0 Å². The molecule has 0 unspecified atom stereocenters. The Hall–Kier alpha value is -5.50. The Morgan fingerprint density at radius 1 is 0.309 bits per heavy atom. The molecule has 0 spiro atoms. The minimum absolute atomic E-state index is 0. The van der Waals surface area contributed by atoms with Crippen molar-refractivity contribution in [3.63, 3.8) is 0 Å². The molecular formula is C36H32Cl2CuN8O8. The van der Waals surface area contributed by atoms with Gasteiger partial charge in [-0.1, -0.05) is 121 Å². The van der Waals surface area contributed by atoms with Crippen molar-refractivity contribution < 1.29 is 74.8 Å². The molecule has 19 heteroatoms. The molecule has 0 fully saturated rings. The van der Waals surface area contributed by atoms with Crippen LogP contribution in [0, 0.1) is 20.5 Å². The van der Waals surface area contributed by atoms with Gasteiger partial charge in [-0.05, 0) is 0 Å². The van der Waals surface area contributed by atoms with Crippen LogP contribution < -0.4 is 37.3 Å². The number of benzene rings is 4. The summed E-state index contributed by atoms with van der Waals surface area (Å²) >= 11 is 0. The first-order chi connectivity index (χ1) is 25.9. The average Bonchev–Trinajstić information content (AvgIpc) is 4.01. The zero-order valence-electron chi connectivity index (χ0n) is 28.3. The fourth-order valence-corrected chi connectivity index (χ4v) is 4.08. The molecule has 4 aromatic carbocycles. The second-order valence-electron chi connectivity index (χ2n) is 9.97. The molecule has 4 heterocycles. The summed E-state index contributed by atoms with van der Waals surface area (Å²) in [6.07, 6.45) is 14.3. The van der Waals surface area contributed by atoms with E-state index in [0.29, 0.717) is 0 Å². The first kappa shape index (κ1) is 45.7. The van der Waals surface area contributed by atoms with E-state index in [1.54, 1.807) is 24.8 Å². The number of hydrogen-bond acceptors (Lipinski definition) is 12. The van der Waals surface area contributed by atoms with E-state index in [1.165, 1.54) is 0 Å². The number of imidazole rings is 4. The Labute approximate surface area is 329 Å². The van der Waals surface area contributed by atoms with Crippen LogP contribution in [0.15, 0.2) is 171 Å². The number of aromatic nitrogens is 8. The molecular weight excluding hydrogens is 807 g/mol. The molecule has 0 bridgehead atoms. The molecule has 4 aromatic heterocycles. The molecule has 289 valence electrons. The van der Waals surface area contributed by atoms with Gasteiger partial charge < -0.3 is 19.9 Å². The van der Waals surface area contributed by atoms with Crippen LogP contribution >= 0.6 is 0 Å². The maximum atomic E-state index is 8.49. The monoisotopic (exact) mass is 837 g/mol. The van der Waals surface area contributed by atoms with Gasteiger partial charge in [0.15, 0.2) is 0 Å². The summed E-state index contributed by atoms with van der Waals surface area (Å²) in [7, 11) is -9.89. The molecule has 55 heavy (non-hydrogen) atoms. The predicted molar refractivity (Wildman–Crippen MR) is 176 cm³/mol. The zero-order valence-corrected chi connectivity index (χ0v) is 30.7. The van der Waals surface area contributed by atoms with Gasteiger partial charge in [0.1, 0.15) is 23.3 Å². The Kier molecular flexibility index (Phi) is 20.5. The van der Waals surface area contributed by atoms with Gasteiger partial charge in [0.2, 0.25) is 0 Å². The van der Waals surface area contributed by atoms with Crippen LogP contribution in [-0.2, 0) is 17.1 Å². The summed E-state index contributed by atoms with van der Waals surface area (Å²) < 4.78 is 67.9. The van der Waals surface area contributed by atoms with Crippen LogP contribution in [0.3, 0.4) is 0 Å². The largest absolute Gasteiger partial charge is 2.00 e. The van der Waals surface area contributed by atoms with Crippen molar-refractivity contribution >= 4 is 0 Å². The molecule has 8 rings (SSSR count).